The lowest BCUT2D eigenvalue weighted by Crippen LogP contribution is -2.32. The molecule has 0 atom stereocenters. The zero-order valence-corrected chi connectivity index (χ0v) is 15.2. The van der Waals surface area contributed by atoms with Crippen LogP contribution in [-0.2, 0) is 6.54 Å². The molecule has 1 aromatic carbocycles. The number of aryl methyl sites for hydroxylation is 2. The molecule has 2 aromatic heterocycles. The van der Waals surface area contributed by atoms with Gasteiger partial charge < -0.3 is 9.88 Å². The second-order valence-corrected chi connectivity index (χ2v) is 6.50. The number of pyridine rings is 1. The van der Waals surface area contributed by atoms with Gasteiger partial charge in [0.15, 0.2) is 0 Å². The molecular formula is C21H25N3O. The summed E-state index contributed by atoms with van der Waals surface area (Å²) in [5.74, 6) is 0.0611. The second kappa shape index (κ2) is 7.51. The van der Waals surface area contributed by atoms with Gasteiger partial charge in [0, 0.05) is 23.8 Å². The number of amides is 1. The van der Waals surface area contributed by atoms with Gasteiger partial charge in [0.1, 0.15) is 0 Å². The molecule has 0 aliphatic heterocycles. The van der Waals surface area contributed by atoms with Crippen molar-refractivity contribution in [3.8, 4) is 0 Å². The van der Waals surface area contributed by atoms with Crippen molar-refractivity contribution in [2.45, 2.75) is 40.2 Å². The summed E-state index contributed by atoms with van der Waals surface area (Å²) in [6, 6.07) is 11.8. The minimum atomic E-state index is 0.0611. The van der Waals surface area contributed by atoms with Crippen LogP contribution in [0.5, 0.6) is 0 Å². The first-order valence-corrected chi connectivity index (χ1v) is 8.89. The fraction of sp³-hybridized carbons (Fsp3) is 0.333. The smallest absolute Gasteiger partial charge is 0.256 e. The number of unbranched alkanes of at least 4 members (excludes halogenated alkanes) is 1. The van der Waals surface area contributed by atoms with Crippen LogP contribution in [0.25, 0.3) is 10.9 Å². The molecule has 25 heavy (non-hydrogen) atoms. The lowest BCUT2D eigenvalue weighted by Gasteiger charge is -2.22. The van der Waals surface area contributed by atoms with Gasteiger partial charge in [-0.15, -0.1) is 0 Å². The summed E-state index contributed by atoms with van der Waals surface area (Å²) in [5.41, 5.74) is 4.90. The van der Waals surface area contributed by atoms with Crippen molar-refractivity contribution in [1.82, 2.24) is 14.9 Å². The van der Waals surface area contributed by atoms with Gasteiger partial charge in [0.2, 0.25) is 0 Å². The van der Waals surface area contributed by atoms with Gasteiger partial charge >= 0.3 is 0 Å². The Bertz CT molecular complexity index is 867. The zero-order chi connectivity index (χ0) is 17.8. The number of benzene rings is 1. The molecule has 0 aliphatic carbocycles. The number of aromatic amines is 1. The predicted molar refractivity (Wildman–Crippen MR) is 102 cm³/mol. The molecule has 4 nitrogen and oxygen atoms in total. The van der Waals surface area contributed by atoms with Crippen LogP contribution < -0.4 is 0 Å². The maximum Gasteiger partial charge on any atom is 0.256 e. The number of carbonyl (C=O) groups excluding carboxylic acids is 1. The second-order valence-electron chi connectivity index (χ2n) is 6.50. The first-order valence-electron chi connectivity index (χ1n) is 8.89. The molecule has 0 saturated heterocycles. The van der Waals surface area contributed by atoms with Crippen LogP contribution in [0.2, 0.25) is 0 Å². The van der Waals surface area contributed by atoms with Crippen LogP contribution in [0.3, 0.4) is 0 Å². The molecule has 3 aromatic rings. The molecule has 4 heteroatoms. The minimum Gasteiger partial charge on any atom is -0.358 e. The Morgan fingerprint density at radius 1 is 1.16 bits per heavy atom. The van der Waals surface area contributed by atoms with E-state index in [1.165, 1.54) is 5.56 Å². The average molecular weight is 335 g/mol. The Labute approximate surface area is 148 Å². The van der Waals surface area contributed by atoms with Crippen molar-refractivity contribution < 1.29 is 4.79 Å². The van der Waals surface area contributed by atoms with Crippen LogP contribution in [-0.4, -0.2) is 27.3 Å². The van der Waals surface area contributed by atoms with Gasteiger partial charge in [-0.25, -0.2) is 0 Å². The van der Waals surface area contributed by atoms with Crippen molar-refractivity contribution in [2.75, 3.05) is 6.54 Å². The van der Waals surface area contributed by atoms with E-state index in [1.54, 1.807) is 6.20 Å². The lowest BCUT2D eigenvalue weighted by atomic mass is 10.1. The Morgan fingerprint density at radius 3 is 2.72 bits per heavy atom. The third kappa shape index (κ3) is 3.58. The highest BCUT2D eigenvalue weighted by molar-refractivity contribution is 6.06. The van der Waals surface area contributed by atoms with Crippen molar-refractivity contribution in [2.24, 2.45) is 0 Å². The number of carbonyl (C=O) groups is 1. The Hall–Kier alpha value is -2.62. The van der Waals surface area contributed by atoms with Gasteiger partial charge in [0.05, 0.1) is 23.3 Å². The first kappa shape index (κ1) is 17.2. The molecule has 0 unspecified atom stereocenters. The van der Waals surface area contributed by atoms with E-state index in [2.05, 4.69) is 29.9 Å². The van der Waals surface area contributed by atoms with Gasteiger partial charge in [-0.05, 0) is 44.0 Å². The molecule has 0 fully saturated rings. The Morgan fingerprint density at radius 2 is 2.00 bits per heavy atom. The Balaban J connectivity index is 1.95. The summed E-state index contributed by atoms with van der Waals surface area (Å²) in [6.45, 7) is 7.55. The number of hydrogen-bond donors (Lipinski definition) is 1. The summed E-state index contributed by atoms with van der Waals surface area (Å²) in [5, 5.41) is 1.12. The summed E-state index contributed by atoms with van der Waals surface area (Å²) in [4.78, 5) is 22.9. The number of nitrogens with zero attached hydrogens (tertiary/aromatic N) is 2. The minimum absolute atomic E-state index is 0.0611. The topological polar surface area (TPSA) is 49.0 Å². The molecular weight excluding hydrogens is 310 g/mol. The molecule has 130 valence electrons. The molecule has 0 saturated carbocycles. The summed E-state index contributed by atoms with van der Waals surface area (Å²) in [6.07, 6.45) is 3.81. The van der Waals surface area contributed by atoms with Crippen LogP contribution in [0.1, 0.15) is 47.1 Å². The monoisotopic (exact) mass is 335 g/mol. The van der Waals surface area contributed by atoms with Crippen LogP contribution in [0.15, 0.2) is 42.6 Å². The maximum absolute atomic E-state index is 13.3. The number of hydrogen-bond acceptors (Lipinski definition) is 2. The van der Waals surface area contributed by atoms with E-state index in [0.29, 0.717) is 6.54 Å². The standard InChI is InChI=1S/C21H25N3O/c1-4-5-13-24(14-17-9-6-7-12-22-17)21(25)19-11-8-10-18-15(2)16(3)23-20(18)19/h6-12,23H,4-5,13-14H2,1-3H3. The maximum atomic E-state index is 13.3. The van der Waals surface area contributed by atoms with Crippen molar-refractivity contribution >= 4 is 16.8 Å². The number of H-pyrrole nitrogens is 1. The van der Waals surface area contributed by atoms with E-state index >= 15 is 0 Å². The third-order valence-electron chi connectivity index (χ3n) is 4.72. The number of rotatable bonds is 6. The van der Waals surface area contributed by atoms with E-state index in [1.807, 2.05) is 42.2 Å². The predicted octanol–water partition coefficient (Wildman–Crippen LogP) is 4.62. The lowest BCUT2D eigenvalue weighted by molar-refractivity contribution is 0.0740. The number of aromatic nitrogens is 2. The quantitative estimate of drug-likeness (QED) is 0.714. The van der Waals surface area contributed by atoms with E-state index in [9.17, 15) is 4.79 Å². The van der Waals surface area contributed by atoms with Gasteiger partial charge in [-0.3, -0.25) is 9.78 Å². The third-order valence-corrected chi connectivity index (χ3v) is 4.72. The summed E-state index contributed by atoms with van der Waals surface area (Å²) in [7, 11) is 0. The van der Waals surface area contributed by atoms with Crippen LogP contribution in [0.4, 0.5) is 0 Å². The molecule has 0 spiro atoms. The molecule has 1 N–H and O–H groups in total. The molecule has 1 amide bonds. The fourth-order valence-corrected chi connectivity index (χ4v) is 3.12. The van der Waals surface area contributed by atoms with Crippen molar-refractivity contribution in [1.29, 1.82) is 0 Å². The molecule has 2 heterocycles. The summed E-state index contributed by atoms with van der Waals surface area (Å²) < 4.78 is 0. The normalized spacial score (nSPS) is 11.0. The van der Waals surface area contributed by atoms with Gasteiger partial charge in [0.25, 0.3) is 5.91 Å². The first-order chi connectivity index (χ1) is 12.1. The largest absolute Gasteiger partial charge is 0.358 e. The van der Waals surface area contributed by atoms with Gasteiger partial charge in [-0.2, -0.15) is 0 Å². The van der Waals surface area contributed by atoms with Crippen molar-refractivity contribution in [3.05, 3.63) is 65.1 Å². The number of fused-ring (bicyclic) bond motifs is 1. The van der Waals surface area contributed by atoms with E-state index in [4.69, 9.17) is 0 Å². The SMILES string of the molecule is CCCCN(Cc1ccccn1)C(=O)c1cccc2c(C)c(C)[nH]c12. The average Bonchev–Trinajstić information content (AvgIpc) is 2.93. The molecule has 0 radical (unpaired) electrons. The van der Waals surface area contributed by atoms with E-state index < -0.39 is 0 Å². The van der Waals surface area contributed by atoms with Gasteiger partial charge in [-0.1, -0.05) is 31.5 Å². The number of para-hydroxylation sites is 1. The van der Waals surface area contributed by atoms with Crippen LogP contribution in [0, 0.1) is 13.8 Å². The highest BCUT2D eigenvalue weighted by Gasteiger charge is 2.20. The van der Waals surface area contributed by atoms with E-state index in [0.717, 1.165) is 47.2 Å². The van der Waals surface area contributed by atoms with Crippen LogP contribution >= 0.6 is 0 Å². The van der Waals surface area contributed by atoms with Crippen molar-refractivity contribution in [3.63, 3.8) is 0 Å². The highest BCUT2D eigenvalue weighted by Crippen LogP contribution is 2.25. The number of nitrogens with one attached hydrogen (secondary N) is 1. The van der Waals surface area contributed by atoms with E-state index in [-0.39, 0.29) is 5.91 Å². The molecule has 0 aliphatic rings. The molecule has 0 bridgehead atoms. The summed E-state index contributed by atoms with van der Waals surface area (Å²) >= 11 is 0. The Kier molecular flexibility index (Phi) is 5.17. The molecule has 3 rings (SSSR count). The zero-order valence-electron chi connectivity index (χ0n) is 15.2. The highest BCUT2D eigenvalue weighted by atomic mass is 16.2. The fourth-order valence-electron chi connectivity index (χ4n) is 3.12.